The molecular formula is C54H42N4. The van der Waals surface area contributed by atoms with Crippen molar-refractivity contribution in [1.29, 1.82) is 0 Å². The number of rotatable bonds is 4. The highest BCUT2D eigenvalue weighted by atomic mass is 14.8. The molecule has 4 aromatic carbocycles. The molecule has 2 aliphatic rings. The van der Waals surface area contributed by atoms with Gasteiger partial charge in [-0.25, -0.2) is 9.97 Å². The summed E-state index contributed by atoms with van der Waals surface area (Å²) < 4.78 is 0. The van der Waals surface area contributed by atoms with E-state index < -0.39 is 0 Å². The Bertz CT molecular complexity index is 2900. The van der Waals surface area contributed by atoms with Gasteiger partial charge in [0.15, 0.2) is 0 Å². The number of nitrogens with zero attached hydrogens (tertiary/aromatic N) is 2. The summed E-state index contributed by atoms with van der Waals surface area (Å²) in [6.07, 6.45) is 20.2. The maximum absolute atomic E-state index is 5.81. The number of terminal acetylenes is 2. The van der Waals surface area contributed by atoms with Crippen LogP contribution in [0.4, 0.5) is 0 Å². The first-order chi connectivity index (χ1) is 28.1. The SMILES string of the molecule is C#Cc1ccc(-c2c3nc(c(-c4c(C)cc(C)cc4C)c4ccc([nH]4)c(-c4ccc(C#C)cc4)c4nc(c(-c5c(C)cc(C)cc5C)c5ccc2[nH]5)C=C4)C=C3)cc1. The normalized spacial score (nSPS) is 11.8. The summed E-state index contributed by atoms with van der Waals surface area (Å²) in [5, 5.41) is 0. The van der Waals surface area contributed by atoms with Gasteiger partial charge in [0.1, 0.15) is 0 Å². The average molecular weight is 747 g/mol. The van der Waals surface area contributed by atoms with Crippen molar-refractivity contribution >= 4 is 46.4 Å². The van der Waals surface area contributed by atoms with Crippen LogP contribution in [0, 0.1) is 66.2 Å². The molecule has 0 spiro atoms. The smallest absolute Gasteiger partial charge is 0.0737 e. The first kappa shape index (κ1) is 36.3. The number of aromatic nitrogens is 4. The molecule has 0 saturated carbocycles. The van der Waals surface area contributed by atoms with Crippen LogP contribution in [0.3, 0.4) is 0 Å². The van der Waals surface area contributed by atoms with E-state index in [1.54, 1.807) is 0 Å². The van der Waals surface area contributed by atoms with Gasteiger partial charge in [-0.05, 0) is 159 Å². The standard InChI is InChI=1S/C54H42N4/c1-9-37-11-15-39(16-12-37)51-41-19-23-45(55-41)53(49-33(5)27-31(3)28-34(49)6)47-25-21-43(57-47)52(40-17-13-38(10-2)14-18-40)44-22-26-48(58-44)54(46-24-20-42(51)56-46)50-35(7)29-32(4)30-36(50)8/h1-2,11-30,55,58H,3-8H3. The number of aromatic amines is 2. The predicted octanol–water partition coefficient (Wildman–Crippen LogP) is 13.1. The third kappa shape index (κ3) is 6.26. The van der Waals surface area contributed by atoms with Crippen molar-refractivity contribution in [2.24, 2.45) is 0 Å². The number of aryl methyl sites for hydroxylation is 6. The van der Waals surface area contributed by atoms with Crippen LogP contribution in [-0.2, 0) is 0 Å². The van der Waals surface area contributed by atoms with E-state index in [1.165, 1.54) is 33.4 Å². The summed E-state index contributed by atoms with van der Waals surface area (Å²) in [5.41, 5.74) is 24.5. The molecule has 0 unspecified atom stereocenters. The molecule has 0 atom stereocenters. The van der Waals surface area contributed by atoms with Crippen molar-refractivity contribution in [3.8, 4) is 69.2 Å². The second kappa shape index (κ2) is 14.3. The molecule has 7 aromatic rings. The Morgan fingerprint density at radius 2 is 0.672 bits per heavy atom. The van der Waals surface area contributed by atoms with Crippen LogP contribution in [0.25, 0.3) is 90.9 Å². The van der Waals surface area contributed by atoms with Crippen molar-refractivity contribution in [2.45, 2.75) is 41.5 Å². The lowest BCUT2D eigenvalue weighted by molar-refractivity contribution is 1.28. The van der Waals surface area contributed by atoms with E-state index in [-0.39, 0.29) is 0 Å². The molecule has 9 rings (SSSR count). The third-order valence-electron chi connectivity index (χ3n) is 11.3. The van der Waals surface area contributed by atoms with Crippen LogP contribution >= 0.6 is 0 Å². The minimum Gasteiger partial charge on any atom is -0.354 e. The van der Waals surface area contributed by atoms with Gasteiger partial charge in [-0.1, -0.05) is 71.5 Å². The topological polar surface area (TPSA) is 57.4 Å². The molecule has 278 valence electrons. The highest BCUT2D eigenvalue weighted by molar-refractivity contribution is 6.01. The summed E-state index contributed by atoms with van der Waals surface area (Å²) in [4.78, 5) is 18.7. The van der Waals surface area contributed by atoms with E-state index >= 15 is 0 Å². The lowest BCUT2D eigenvalue weighted by Gasteiger charge is -2.13. The van der Waals surface area contributed by atoms with Crippen molar-refractivity contribution in [2.75, 3.05) is 0 Å². The van der Waals surface area contributed by atoms with Crippen LogP contribution in [0.5, 0.6) is 0 Å². The van der Waals surface area contributed by atoms with Gasteiger partial charge in [-0.2, -0.15) is 0 Å². The zero-order valence-corrected chi connectivity index (χ0v) is 33.6. The summed E-state index contributed by atoms with van der Waals surface area (Å²) in [6.45, 7) is 13.0. The zero-order valence-electron chi connectivity index (χ0n) is 33.6. The summed E-state index contributed by atoms with van der Waals surface area (Å²) >= 11 is 0. The summed E-state index contributed by atoms with van der Waals surface area (Å²) in [5.74, 6) is 5.55. The van der Waals surface area contributed by atoms with Gasteiger partial charge in [0.05, 0.1) is 22.8 Å². The Balaban J connectivity index is 1.50. The van der Waals surface area contributed by atoms with Crippen molar-refractivity contribution in [1.82, 2.24) is 19.9 Å². The summed E-state index contributed by atoms with van der Waals surface area (Å²) in [7, 11) is 0. The van der Waals surface area contributed by atoms with Gasteiger partial charge >= 0.3 is 0 Å². The lowest BCUT2D eigenvalue weighted by Crippen LogP contribution is -1.95. The maximum atomic E-state index is 5.81. The van der Waals surface area contributed by atoms with Crippen molar-refractivity contribution in [3.63, 3.8) is 0 Å². The number of benzene rings is 4. The second-order valence-corrected chi connectivity index (χ2v) is 15.5. The Morgan fingerprint density at radius 3 is 0.983 bits per heavy atom. The summed E-state index contributed by atoms with van der Waals surface area (Å²) in [6, 6.07) is 34.0. The molecule has 4 nitrogen and oxygen atoms in total. The fraction of sp³-hybridized carbons (Fsp3) is 0.111. The highest BCUT2D eigenvalue weighted by Crippen LogP contribution is 2.41. The van der Waals surface area contributed by atoms with Gasteiger partial charge in [-0.15, -0.1) is 12.8 Å². The van der Waals surface area contributed by atoms with Crippen LogP contribution in [0.1, 0.15) is 67.3 Å². The van der Waals surface area contributed by atoms with E-state index in [1.807, 2.05) is 24.3 Å². The molecule has 2 N–H and O–H groups in total. The molecule has 5 heterocycles. The lowest BCUT2D eigenvalue weighted by atomic mass is 9.92. The number of hydrogen-bond donors (Lipinski definition) is 2. The minimum absolute atomic E-state index is 0.826. The molecule has 0 radical (unpaired) electrons. The first-order valence-electron chi connectivity index (χ1n) is 19.6. The van der Waals surface area contributed by atoms with E-state index in [4.69, 9.17) is 22.8 Å². The van der Waals surface area contributed by atoms with Crippen LogP contribution in [0.2, 0.25) is 0 Å². The van der Waals surface area contributed by atoms with E-state index in [2.05, 4.69) is 160 Å². The largest absolute Gasteiger partial charge is 0.354 e. The monoisotopic (exact) mass is 746 g/mol. The first-order valence-corrected chi connectivity index (χ1v) is 19.6. The van der Waals surface area contributed by atoms with Gasteiger partial charge in [0.2, 0.25) is 0 Å². The average Bonchev–Trinajstić information content (AvgIpc) is 4.05. The Hall–Kier alpha value is -7.40. The zero-order chi connectivity index (χ0) is 40.2. The molecule has 58 heavy (non-hydrogen) atoms. The van der Waals surface area contributed by atoms with E-state index in [9.17, 15) is 0 Å². The predicted molar refractivity (Wildman–Crippen MR) is 245 cm³/mol. The van der Waals surface area contributed by atoms with Gasteiger partial charge in [-0.3, -0.25) is 0 Å². The fourth-order valence-corrected chi connectivity index (χ4v) is 8.95. The molecule has 0 amide bonds. The van der Waals surface area contributed by atoms with Gasteiger partial charge in [0.25, 0.3) is 0 Å². The van der Waals surface area contributed by atoms with Crippen LogP contribution < -0.4 is 0 Å². The molecule has 4 heteroatoms. The second-order valence-electron chi connectivity index (χ2n) is 15.5. The Morgan fingerprint density at radius 1 is 0.379 bits per heavy atom. The molecular weight excluding hydrogens is 705 g/mol. The number of H-pyrrole nitrogens is 2. The number of nitrogens with one attached hydrogen (secondary N) is 2. The molecule has 0 aliphatic carbocycles. The van der Waals surface area contributed by atoms with E-state index in [0.29, 0.717) is 0 Å². The third-order valence-corrected chi connectivity index (χ3v) is 11.3. The van der Waals surface area contributed by atoms with E-state index in [0.717, 1.165) is 100 Å². The molecule has 8 bridgehead atoms. The quantitative estimate of drug-likeness (QED) is 0.176. The van der Waals surface area contributed by atoms with Crippen LogP contribution in [-0.4, -0.2) is 19.9 Å². The van der Waals surface area contributed by atoms with Gasteiger partial charge in [0, 0.05) is 55.4 Å². The van der Waals surface area contributed by atoms with Gasteiger partial charge < -0.3 is 9.97 Å². The minimum atomic E-state index is 0.826. The fourth-order valence-electron chi connectivity index (χ4n) is 8.95. The molecule has 3 aromatic heterocycles. The molecule has 0 saturated heterocycles. The maximum Gasteiger partial charge on any atom is 0.0737 e. The van der Waals surface area contributed by atoms with Crippen LogP contribution in [0.15, 0.2) is 97.1 Å². The Labute approximate surface area is 340 Å². The highest BCUT2D eigenvalue weighted by Gasteiger charge is 2.21. The molecule has 2 aliphatic heterocycles. The number of hydrogen-bond acceptors (Lipinski definition) is 2. The van der Waals surface area contributed by atoms with Crippen molar-refractivity contribution < 1.29 is 0 Å². The van der Waals surface area contributed by atoms with Crippen molar-refractivity contribution in [3.05, 3.63) is 164 Å². The Kier molecular flexibility index (Phi) is 8.92. The number of fused-ring (bicyclic) bond motifs is 8. The molecule has 0 fully saturated rings.